The fourth-order valence-electron chi connectivity index (χ4n) is 2.90. The molecule has 0 bridgehead atoms. The molecule has 0 spiro atoms. The number of ketones is 1. The topological polar surface area (TPSA) is 55.4 Å². The highest BCUT2D eigenvalue weighted by Crippen LogP contribution is 2.40. The first-order chi connectivity index (χ1) is 10.0. The molecule has 1 unspecified atom stereocenters. The Hall–Kier alpha value is -0.333. The highest BCUT2D eigenvalue weighted by Gasteiger charge is 2.51. The van der Waals surface area contributed by atoms with Gasteiger partial charge in [0, 0.05) is 6.42 Å². The van der Waals surface area contributed by atoms with Crippen molar-refractivity contribution in [3.63, 3.8) is 0 Å². The van der Waals surface area contributed by atoms with Gasteiger partial charge < -0.3 is 9.74 Å². The molecule has 0 aromatic rings. The lowest BCUT2D eigenvalue weighted by molar-refractivity contribution is -0.141. The number of carbonyl (C=O) groups excluding carboxylic acids is 2. The second kappa shape index (κ2) is 6.28. The molecule has 4 atom stereocenters. The molecule has 0 radical (unpaired) electrons. The fourth-order valence-corrected chi connectivity index (χ4v) is 5.64. The molecule has 0 aliphatic carbocycles. The van der Waals surface area contributed by atoms with Crippen LogP contribution in [0.2, 0.25) is 18.1 Å². The van der Waals surface area contributed by atoms with E-state index in [1.54, 1.807) is 11.8 Å². The second-order valence-electron chi connectivity index (χ2n) is 8.00. The van der Waals surface area contributed by atoms with E-state index in [-0.39, 0.29) is 40.0 Å². The van der Waals surface area contributed by atoms with Gasteiger partial charge in [0.2, 0.25) is 5.91 Å². The SMILES string of the molecule is CC(O[Si](C)(C)C(C)(C)C)[C@@H]1C(=O)N[C@@H]1[C@H]1SCCCC1=O. The molecule has 2 saturated heterocycles. The fraction of sp³-hybridized carbons (Fsp3) is 0.875. The smallest absolute Gasteiger partial charge is 0.228 e. The van der Waals surface area contributed by atoms with Crippen LogP contribution in [0.3, 0.4) is 0 Å². The molecule has 6 heteroatoms. The Bertz CT molecular complexity index is 461. The molecular formula is C16H29NO3SSi. The number of carbonyl (C=O) groups is 2. The van der Waals surface area contributed by atoms with Crippen LogP contribution in [-0.2, 0) is 14.0 Å². The molecule has 2 aliphatic rings. The van der Waals surface area contributed by atoms with Gasteiger partial charge in [0.05, 0.1) is 23.3 Å². The highest BCUT2D eigenvalue weighted by atomic mass is 32.2. The van der Waals surface area contributed by atoms with Crippen LogP contribution in [-0.4, -0.2) is 43.2 Å². The van der Waals surface area contributed by atoms with Gasteiger partial charge in [-0.3, -0.25) is 9.59 Å². The molecule has 1 N–H and O–H groups in total. The van der Waals surface area contributed by atoms with Gasteiger partial charge >= 0.3 is 0 Å². The van der Waals surface area contributed by atoms with Crippen molar-refractivity contribution >= 4 is 31.8 Å². The summed E-state index contributed by atoms with van der Waals surface area (Å²) in [6, 6.07) is -0.0509. The van der Waals surface area contributed by atoms with Crippen LogP contribution >= 0.6 is 11.8 Å². The van der Waals surface area contributed by atoms with Crippen molar-refractivity contribution in [1.82, 2.24) is 5.32 Å². The van der Waals surface area contributed by atoms with Crippen LogP contribution in [0.15, 0.2) is 0 Å². The lowest BCUT2D eigenvalue weighted by Gasteiger charge is -2.47. The number of amides is 1. The van der Waals surface area contributed by atoms with E-state index in [4.69, 9.17) is 4.43 Å². The molecule has 0 saturated carbocycles. The Morgan fingerprint density at radius 2 is 1.95 bits per heavy atom. The van der Waals surface area contributed by atoms with Gasteiger partial charge in [0.15, 0.2) is 8.32 Å². The normalized spacial score (nSPS) is 31.5. The highest BCUT2D eigenvalue weighted by molar-refractivity contribution is 8.00. The van der Waals surface area contributed by atoms with Crippen molar-refractivity contribution in [3.8, 4) is 0 Å². The average Bonchev–Trinajstić information content (AvgIpc) is 2.34. The van der Waals surface area contributed by atoms with E-state index in [1.165, 1.54) is 0 Å². The quantitative estimate of drug-likeness (QED) is 0.630. The van der Waals surface area contributed by atoms with E-state index >= 15 is 0 Å². The van der Waals surface area contributed by atoms with Gasteiger partial charge in [-0.15, -0.1) is 11.8 Å². The molecule has 4 nitrogen and oxygen atoms in total. The van der Waals surface area contributed by atoms with Gasteiger partial charge in [-0.05, 0) is 37.2 Å². The Morgan fingerprint density at radius 1 is 1.32 bits per heavy atom. The van der Waals surface area contributed by atoms with E-state index < -0.39 is 8.32 Å². The van der Waals surface area contributed by atoms with Crippen molar-refractivity contribution in [2.75, 3.05) is 5.75 Å². The van der Waals surface area contributed by atoms with Crippen molar-refractivity contribution < 1.29 is 14.0 Å². The minimum absolute atomic E-state index is 0.0372. The first-order valence-corrected chi connectivity index (χ1v) is 12.1. The Labute approximate surface area is 139 Å². The van der Waals surface area contributed by atoms with Crippen LogP contribution in [0.4, 0.5) is 0 Å². The van der Waals surface area contributed by atoms with Gasteiger partial charge in [0.1, 0.15) is 5.78 Å². The van der Waals surface area contributed by atoms with Gasteiger partial charge in [-0.25, -0.2) is 0 Å². The largest absolute Gasteiger partial charge is 0.413 e. The summed E-state index contributed by atoms with van der Waals surface area (Å²) >= 11 is 1.69. The number of thioether (sulfide) groups is 1. The molecule has 0 aromatic heterocycles. The summed E-state index contributed by atoms with van der Waals surface area (Å²) < 4.78 is 6.39. The Kier molecular flexibility index (Phi) is 5.14. The van der Waals surface area contributed by atoms with Crippen molar-refractivity contribution in [3.05, 3.63) is 0 Å². The maximum absolute atomic E-state index is 12.1. The molecule has 22 heavy (non-hydrogen) atoms. The summed E-state index contributed by atoms with van der Waals surface area (Å²) in [6.07, 6.45) is 1.48. The zero-order valence-corrected chi connectivity index (χ0v) is 16.4. The third kappa shape index (κ3) is 3.43. The molecule has 126 valence electrons. The molecule has 2 rings (SSSR count). The number of hydrogen-bond acceptors (Lipinski definition) is 4. The Balaban J connectivity index is 2.06. The monoisotopic (exact) mass is 343 g/mol. The number of nitrogens with one attached hydrogen (secondary N) is 1. The first kappa shape index (κ1) is 18.0. The predicted molar refractivity (Wildman–Crippen MR) is 93.7 cm³/mol. The van der Waals surface area contributed by atoms with Crippen molar-refractivity contribution in [2.45, 2.75) is 76.1 Å². The standard InChI is InChI=1S/C16H29NO3SSi/c1-10(20-22(5,6)16(2,3)4)12-13(17-15(12)19)14-11(18)8-7-9-21-14/h10,12-14H,7-9H2,1-6H3,(H,17,19)/t10?,12-,13-,14-/m0/s1. The van der Waals surface area contributed by atoms with Gasteiger partial charge in [0.25, 0.3) is 0 Å². The van der Waals surface area contributed by atoms with Crippen LogP contribution < -0.4 is 5.32 Å². The summed E-state index contributed by atoms with van der Waals surface area (Å²) in [5, 5.41) is 2.99. The number of rotatable bonds is 4. The molecule has 2 fully saturated rings. The number of β-lactam (4-membered cyclic amide) rings is 1. The third-order valence-corrected chi connectivity index (χ3v) is 11.3. The second-order valence-corrected chi connectivity index (χ2v) is 14.0. The van der Waals surface area contributed by atoms with Gasteiger partial charge in [-0.2, -0.15) is 0 Å². The summed E-state index contributed by atoms with van der Waals surface area (Å²) in [5.41, 5.74) is 0. The minimum Gasteiger partial charge on any atom is -0.413 e. The maximum atomic E-state index is 12.1. The summed E-state index contributed by atoms with van der Waals surface area (Å²) in [5.74, 6) is 1.14. The van der Waals surface area contributed by atoms with E-state index in [1.807, 2.05) is 6.92 Å². The van der Waals surface area contributed by atoms with E-state index in [9.17, 15) is 9.59 Å². The van der Waals surface area contributed by atoms with E-state index in [0.717, 1.165) is 12.2 Å². The summed E-state index contributed by atoms with van der Waals surface area (Å²) in [7, 11) is -1.91. The van der Waals surface area contributed by atoms with Crippen molar-refractivity contribution in [2.24, 2.45) is 5.92 Å². The lowest BCUT2D eigenvalue weighted by atomic mass is 9.82. The maximum Gasteiger partial charge on any atom is 0.228 e. The molecule has 1 amide bonds. The van der Waals surface area contributed by atoms with Gasteiger partial charge in [-0.1, -0.05) is 20.8 Å². The van der Waals surface area contributed by atoms with Crippen LogP contribution in [0.1, 0.15) is 40.5 Å². The molecule has 2 aliphatic heterocycles. The van der Waals surface area contributed by atoms with Crippen LogP contribution in [0, 0.1) is 5.92 Å². The zero-order chi connectivity index (χ0) is 16.7. The zero-order valence-electron chi connectivity index (χ0n) is 14.6. The van der Waals surface area contributed by atoms with E-state index in [2.05, 4.69) is 39.2 Å². The van der Waals surface area contributed by atoms with E-state index in [0.29, 0.717) is 6.42 Å². The average molecular weight is 344 g/mol. The summed E-state index contributed by atoms with van der Waals surface area (Å²) in [4.78, 5) is 24.2. The lowest BCUT2D eigenvalue weighted by Crippen LogP contribution is -2.68. The number of hydrogen-bond donors (Lipinski definition) is 1. The predicted octanol–water partition coefficient (Wildman–Crippen LogP) is 2.98. The van der Waals surface area contributed by atoms with Crippen LogP contribution in [0.25, 0.3) is 0 Å². The van der Waals surface area contributed by atoms with Crippen molar-refractivity contribution in [1.29, 1.82) is 0 Å². The third-order valence-electron chi connectivity index (χ3n) is 5.30. The summed E-state index contributed by atoms with van der Waals surface area (Å²) in [6.45, 7) is 13.0. The minimum atomic E-state index is -1.91. The molecule has 2 heterocycles. The number of Topliss-reactive ketones (excluding diaryl/α,β-unsaturated/α-hetero) is 1. The van der Waals surface area contributed by atoms with Crippen LogP contribution in [0.5, 0.6) is 0 Å². The molecular weight excluding hydrogens is 314 g/mol. The molecule has 0 aromatic carbocycles. The Morgan fingerprint density at radius 3 is 2.45 bits per heavy atom. The first-order valence-electron chi connectivity index (χ1n) is 8.17.